The average Bonchev–Trinajstić information content (AvgIpc) is 3.29. The molecule has 2 heterocycles. The van der Waals surface area contributed by atoms with Crippen LogP contribution in [0.1, 0.15) is 14.5 Å². The molecule has 3 aromatic rings. The monoisotopic (exact) mass is 361 g/mol. The lowest BCUT2D eigenvalue weighted by atomic mass is 10.2. The second-order valence-electron chi connectivity index (χ2n) is 4.75. The summed E-state index contributed by atoms with van der Waals surface area (Å²) in [5, 5.41) is 13.1. The Morgan fingerprint density at radius 3 is 2.58 bits per heavy atom. The number of thiophene rings is 1. The number of aromatic nitrogens is 2. The topological polar surface area (TPSA) is 73.3 Å². The highest BCUT2D eigenvalue weighted by molar-refractivity contribution is 7.18. The van der Waals surface area contributed by atoms with E-state index < -0.39 is 0 Å². The minimum absolute atomic E-state index is 0.316. The number of methoxy groups -OCH3 is 2. The molecule has 8 heteroatoms. The number of hydrogen-bond acceptors (Lipinski definition) is 8. The summed E-state index contributed by atoms with van der Waals surface area (Å²) in [6.07, 6.45) is 0. The Labute approximate surface area is 147 Å². The number of ether oxygens (including phenoxy) is 2. The van der Waals surface area contributed by atoms with E-state index in [-0.39, 0.29) is 5.97 Å². The maximum Gasteiger partial charge on any atom is 0.348 e. The van der Waals surface area contributed by atoms with E-state index in [0.29, 0.717) is 11.4 Å². The Bertz CT molecular complexity index is 827. The van der Waals surface area contributed by atoms with E-state index in [0.717, 1.165) is 26.3 Å². The number of carbonyl (C=O) groups is 1. The van der Waals surface area contributed by atoms with Crippen molar-refractivity contribution in [3.63, 3.8) is 0 Å². The summed E-state index contributed by atoms with van der Waals surface area (Å²) in [6.45, 7) is 0.582. The van der Waals surface area contributed by atoms with Gasteiger partial charge in [-0.25, -0.2) is 4.79 Å². The minimum atomic E-state index is -0.316. The molecule has 1 aromatic carbocycles. The van der Waals surface area contributed by atoms with E-state index in [4.69, 9.17) is 9.47 Å². The van der Waals surface area contributed by atoms with Crippen LogP contribution in [0.3, 0.4) is 0 Å². The summed E-state index contributed by atoms with van der Waals surface area (Å²) in [6, 6.07) is 11.3. The first-order valence-electron chi connectivity index (χ1n) is 7.08. The lowest BCUT2D eigenvalue weighted by Crippen LogP contribution is -1.97. The van der Waals surface area contributed by atoms with E-state index in [1.54, 1.807) is 13.2 Å². The Balaban J connectivity index is 1.63. The third kappa shape index (κ3) is 3.72. The molecule has 0 aliphatic rings. The largest absolute Gasteiger partial charge is 0.497 e. The fourth-order valence-corrected chi connectivity index (χ4v) is 3.60. The van der Waals surface area contributed by atoms with Crippen molar-refractivity contribution in [3.8, 4) is 16.3 Å². The van der Waals surface area contributed by atoms with Crippen LogP contribution in [0.15, 0.2) is 36.4 Å². The van der Waals surface area contributed by atoms with Crippen LogP contribution < -0.4 is 10.1 Å². The fraction of sp³-hybridized carbons (Fsp3) is 0.188. The highest BCUT2D eigenvalue weighted by Gasteiger charge is 2.10. The van der Waals surface area contributed by atoms with Crippen LogP contribution in [-0.4, -0.2) is 30.4 Å². The van der Waals surface area contributed by atoms with Gasteiger partial charge >= 0.3 is 5.97 Å². The molecule has 0 bridgehead atoms. The van der Waals surface area contributed by atoms with Gasteiger partial charge in [0, 0.05) is 10.4 Å². The van der Waals surface area contributed by atoms with Crippen LogP contribution in [0.25, 0.3) is 10.6 Å². The van der Waals surface area contributed by atoms with Gasteiger partial charge in [-0.05, 0) is 36.4 Å². The minimum Gasteiger partial charge on any atom is -0.497 e. The highest BCUT2D eigenvalue weighted by atomic mass is 32.1. The first kappa shape index (κ1) is 16.4. The Hall–Kier alpha value is -2.45. The van der Waals surface area contributed by atoms with E-state index in [2.05, 4.69) is 15.5 Å². The summed E-state index contributed by atoms with van der Waals surface area (Å²) in [7, 11) is 3.01. The first-order valence-corrected chi connectivity index (χ1v) is 8.71. The van der Waals surface area contributed by atoms with Crippen LogP contribution in [0.5, 0.6) is 5.75 Å². The predicted octanol–water partition coefficient (Wildman–Crippen LogP) is 3.67. The van der Waals surface area contributed by atoms with E-state index in [1.165, 1.54) is 29.8 Å². The van der Waals surface area contributed by atoms with Crippen LogP contribution in [-0.2, 0) is 11.3 Å². The van der Waals surface area contributed by atoms with Crippen LogP contribution in [0.2, 0.25) is 0 Å². The number of esters is 1. The van der Waals surface area contributed by atoms with Crippen LogP contribution in [0, 0.1) is 0 Å². The number of nitrogens with zero attached hydrogens (tertiary/aromatic N) is 2. The summed E-state index contributed by atoms with van der Waals surface area (Å²) in [5.41, 5.74) is 0.991. The molecule has 3 rings (SSSR count). The molecular weight excluding hydrogens is 346 g/mol. The van der Waals surface area contributed by atoms with E-state index >= 15 is 0 Å². The van der Waals surface area contributed by atoms with Gasteiger partial charge in [0.05, 0.1) is 20.8 Å². The van der Waals surface area contributed by atoms with Crippen molar-refractivity contribution in [1.29, 1.82) is 0 Å². The molecule has 0 aliphatic carbocycles. The molecule has 0 atom stereocenters. The quantitative estimate of drug-likeness (QED) is 0.675. The average molecular weight is 361 g/mol. The molecule has 2 aromatic heterocycles. The number of benzene rings is 1. The van der Waals surface area contributed by atoms with Gasteiger partial charge < -0.3 is 14.8 Å². The van der Waals surface area contributed by atoms with Gasteiger partial charge in [0.15, 0.2) is 0 Å². The molecule has 1 N–H and O–H groups in total. The van der Waals surface area contributed by atoms with Crippen molar-refractivity contribution in [2.45, 2.75) is 6.54 Å². The van der Waals surface area contributed by atoms with Crippen molar-refractivity contribution in [2.75, 3.05) is 19.5 Å². The maximum atomic E-state index is 11.4. The van der Waals surface area contributed by atoms with Gasteiger partial charge in [0.2, 0.25) is 5.13 Å². The zero-order valence-corrected chi connectivity index (χ0v) is 14.7. The molecule has 0 fully saturated rings. The van der Waals surface area contributed by atoms with Crippen LogP contribution in [0.4, 0.5) is 5.13 Å². The number of rotatable bonds is 6. The van der Waals surface area contributed by atoms with Crippen molar-refractivity contribution >= 4 is 33.8 Å². The normalized spacial score (nSPS) is 10.4. The first-order chi connectivity index (χ1) is 11.7. The smallest absolute Gasteiger partial charge is 0.348 e. The lowest BCUT2D eigenvalue weighted by molar-refractivity contribution is 0.0606. The molecule has 0 aliphatic heterocycles. The maximum absolute atomic E-state index is 11.4. The van der Waals surface area contributed by atoms with Gasteiger partial charge in [-0.15, -0.1) is 21.5 Å². The third-order valence-electron chi connectivity index (χ3n) is 3.22. The SMILES string of the molecule is COC(=O)c1ccc(CNc2nnc(-c3ccc(OC)cc3)s2)s1. The zero-order valence-electron chi connectivity index (χ0n) is 13.1. The van der Waals surface area contributed by atoms with Gasteiger partial charge in [-0.1, -0.05) is 11.3 Å². The molecule has 0 spiro atoms. The molecular formula is C16H15N3O3S2. The van der Waals surface area contributed by atoms with Gasteiger partial charge in [0.25, 0.3) is 0 Å². The van der Waals surface area contributed by atoms with Crippen LogP contribution >= 0.6 is 22.7 Å². The van der Waals surface area contributed by atoms with E-state index in [1.807, 2.05) is 30.3 Å². The van der Waals surface area contributed by atoms with Gasteiger partial charge in [-0.3, -0.25) is 0 Å². The molecule has 0 saturated carbocycles. The predicted molar refractivity (Wildman–Crippen MR) is 94.9 cm³/mol. The summed E-state index contributed by atoms with van der Waals surface area (Å²) < 4.78 is 9.85. The van der Waals surface area contributed by atoms with Crippen molar-refractivity contribution in [1.82, 2.24) is 10.2 Å². The van der Waals surface area contributed by atoms with Crippen molar-refractivity contribution in [3.05, 3.63) is 46.2 Å². The zero-order chi connectivity index (χ0) is 16.9. The number of anilines is 1. The standard InChI is InChI=1S/C16H15N3O3S2/c1-21-11-5-3-10(4-6-11)14-18-19-16(24-14)17-9-12-7-8-13(23-12)15(20)22-2/h3-8H,9H2,1-2H3,(H,17,19). The molecule has 0 unspecified atom stereocenters. The number of nitrogens with one attached hydrogen (secondary N) is 1. The van der Waals surface area contributed by atoms with Gasteiger partial charge in [-0.2, -0.15) is 0 Å². The lowest BCUT2D eigenvalue weighted by Gasteiger charge is -2.00. The second kappa shape index (κ2) is 7.41. The molecule has 0 radical (unpaired) electrons. The summed E-state index contributed by atoms with van der Waals surface area (Å²) in [5.74, 6) is 0.490. The summed E-state index contributed by atoms with van der Waals surface area (Å²) in [4.78, 5) is 13.1. The molecule has 6 nitrogen and oxygen atoms in total. The third-order valence-corrected chi connectivity index (χ3v) is 5.22. The molecule has 24 heavy (non-hydrogen) atoms. The molecule has 0 amide bonds. The fourth-order valence-electron chi connectivity index (χ4n) is 1.99. The molecule has 124 valence electrons. The Kier molecular flexibility index (Phi) is 5.07. The number of carbonyl (C=O) groups excluding carboxylic acids is 1. The summed E-state index contributed by atoms with van der Waals surface area (Å²) >= 11 is 2.87. The van der Waals surface area contributed by atoms with Crippen molar-refractivity contribution in [2.24, 2.45) is 0 Å². The highest BCUT2D eigenvalue weighted by Crippen LogP contribution is 2.28. The Morgan fingerprint density at radius 2 is 1.88 bits per heavy atom. The van der Waals surface area contributed by atoms with E-state index in [9.17, 15) is 4.79 Å². The second-order valence-corrected chi connectivity index (χ2v) is 6.90. The Morgan fingerprint density at radius 1 is 1.08 bits per heavy atom. The van der Waals surface area contributed by atoms with Gasteiger partial charge in [0.1, 0.15) is 15.6 Å². The molecule has 0 saturated heterocycles. The number of hydrogen-bond donors (Lipinski definition) is 1. The van der Waals surface area contributed by atoms with Crippen molar-refractivity contribution < 1.29 is 14.3 Å².